The number of hydrogen-bond donors (Lipinski definition) is 1. The average Bonchev–Trinajstić information content (AvgIpc) is 1.82. The number of rotatable bonds is 1. The third-order valence-electron chi connectivity index (χ3n) is 0.893. The molecule has 0 atom stereocenters. The Morgan fingerprint density at radius 2 is 1.62 bits per heavy atom. The minimum absolute atomic E-state index is 0.0347. The van der Waals surface area contributed by atoms with Crippen LogP contribution in [0.4, 0.5) is 13.2 Å². The fraction of sp³-hybridized carbons (Fsp3) is 0.400. The molecule has 0 aromatic heterocycles. The van der Waals surface area contributed by atoms with Gasteiger partial charge < -0.3 is 5.73 Å². The summed E-state index contributed by atoms with van der Waals surface area (Å²) in [5, 5.41) is 0. The number of halogens is 6. The van der Waals surface area contributed by atoms with Gasteiger partial charge in [-0.1, -0.05) is 34.8 Å². The van der Waals surface area contributed by atoms with Gasteiger partial charge in [-0.15, -0.1) is 0 Å². The molecule has 0 aromatic rings. The SMILES string of the molecule is NC(=CC(=O)C(Cl)(Cl)Cl)C(F)(F)F. The summed E-state index contributed by atoms with van der Waals surface area (Å²) in [6.45, 7) is 0. The van der Waals surface area contributed by atoms with Crippen LogP contribution >= 0.6 is 34.8 Å². The predicted octanol–water partition coefficient (Wildman–Crippen LogP) is 2.33. The second-order valence-electron chi connectivity index (χ2n) is 1.96. The molecular weight excluding hydrogens is 253 g/mol. The molecule has 0 unspecified atom stereocenters. The van der Waals surface area contributed by atoms with Crippen molar-refractivity contribution in [2.45, 2.75) is 9.97 Å². The molecule has 0 rings (SSSR count). The smallest absolute Gasteiger partial charge is 0.395 e. The maximum atomic E-state index is 11.7. The molecule has 0 bridgehead atoms. The number of ketones is 1. The highest BCUT2D eigenvalue weighted by Gasteiger charge is 2.35. The molecule has 0 spiro atoms. The zero-order valence-electron chi connectivity index (χ0n) is 5.83. The highest BCUT2D eigenvalue weighted by atomic mass is 35.6. The molecule has 76 valence electrons. The monoisotopic (exact) mass is 255 g/mol. The first kappa shape index (κ1) is 12.9. The number of carbonyl (C=O) groups is 1. The van der Waals surface area contributed by atoms with Crippen molar-refractivity contribution in [1.82, 2.24) is 0 Å². The maximum absolute atomic E-state index is 11.7. The highest BCUT2D eigenvalue weighted by molar-refractivity contribution is 6.77. The third kappa shape index (κ3) is 4.59. The minimum atomic E-state index is -4.80. The van der Waals surface area contributed by atoms with E-state index in [9.17, 15) is 18.0 Å². The Kier molecular flexibility index (Phi) is 3.90. The summed E-state index contributed by atoms with van der Waals surface area (Å²) in [5.41, 5.74) is 2.88. The lowest BCUT2D eigenvalue weighted by Gasteiger charge is -2.08. The minimum Gasteiger partial charge on any atom is -0.395 e. The summed E-state index contributed by atoms with van der Waals surface area (Å²) in [7, 11) is 0. The lowest BCUT2D eigenvalue weighted by Crippen LogP contribution is -2.24. The van der Waals surface area contributed by atoms with Crippen molar-refractivity contribution in [3.05, 3.63) is 11.8 Å². The van der Waals surface area contributed by atoms with Gasteiger partial charge in [0, 0.05) is 6.08 Å². The zero-order chi connectivity index (χ0) is 10.9. The Morgan fingerprint density at radius 1 is 1.23 bits per heavy atom. The van der Waals surface area contributed by atoms with E-state index in [1.807, 2.05) is 0 Å². The van der Waals surface area contributed by atoms with Gasteiger partial charge in [-0.05, 0) is 0 Å². The molecule has 0 saturated heterocycles. The molecule has 0 aliphatic rings. The quantitative estimate of drug-likeness (QED) is 0.578. The summed E-state index contributed by atoms with van der Waals surface area (Å²) in [4.78, 5) is 10.7. The Bertz CT molecular complexity index is 242. The largest absolute Gasteiger partial charge is 0.430 e. The molecule has 13 heavy (non-hydrogen) atoms. The molecule has 0 fully saturated rings. The molecule has 0 amide bonds. The normalized spacial score (nSPS) is 14.5. The van der Waals surface area contributed by atoms with Gasteiger partial charge >= 0.3 is 6.18 Å². The van der Waals surface area contributed by atoms with Crippen molar-refractivity contribution in [2.75, 3.05) is 0 Å². The lowest BCUT2D eigenvalue weighted by molar-refractivity contribution is -0.115. The Hall–Kier alpha value is -0.130. The van der Waals surface area contributed by atoms with Crippen molar-refractivity contribution in [3.63, 3.8) is 0 Å². The molecule has 0 saturated carbocycles. The van der Waals surface area contributed by atoms with Crippen LogP contribution in [-0.2, 0) is 4.79 Å². The van der Waals surface area contributed by atoms with E-state index < -0.39 is 21.4 Å². The molecule has 0 radical (unpaired) electrons. The molecule has 2 N–H and O–H groups in total. The van der Waals surface area contributed by atoms with E-state index in [0.717, 1.165) is 0 Å². The van der Waals surface area contributed by atoms with Crippen molar-refractivity contribution >= 4 is 40.6 Å². The lowest BCUT2D eigenvalue weighted by atomic mass is 10.3. The Balaban J connectivity index is 4.70. The topological polar surface area (TPSA) is 43.1 Å². The maximum Gasteiger partial charge on any atom is 0.430 e. The van der Waals surface area contributed by atoms with Gasteiger partial charge in [0.2, 0.25) is 5.78 Å². The fourth-order valence-corrected chi connectivity index (χ4v) is 0.469. The van der Waals surface area contributed by atoms with Crippen LogP contribution in [0, 0.1) is 0 Å². The van der Waals surface area contributed by atoms with Gasteiger partial charge in [-0.3, -0.25) is 4.79 Å². The van der Waals surface area contributed by atoms with Gasteiger partial charge in [0.15, 0.2) is 0 Å². The van der Waals surface area contributed by atoms with Gasteiger partial charge in [0.05, 0.1) is 0 Å². The summed E-state index contributed by atoms with van der Waals surface area (Å²) in [5.74, 6) is -1.34. The van der Waals surface area contributed by atoms with E-state index in [1.165, 1.54) is 0 Å². The molecule has 2 nitrogen and oxygen atoms in total. The number of allylic oxidation sites excluding steroid dienone is 2. The van der Waals surface area contributed by atoms with Crippen LogP contribution in [0.1, 0.15) is 0 Å². The molecule has 0 aliphatic heterocycles. The van der Waals surface area contributed by atoms with Gasteiger partial charge in [-0.2, -0.15) is 13.2 Å². The second kappa shape index (κ2) is 3.94. The van der Waals surface area contributed by atoms with Crippen LogP contribution in [0.2, 0.25) is 0 Å². The molecule has 0 aliphatic carbocycles. The fourth-order valence-electron chi connectivity index (χ4n) is 0.305. The van der Waals surface area contributed by atoms with E-state index in [4.69, 9.17) is 34.8 Å². The first-order valence-corrected chi connectivity index (χ1v) is 3.84. The van der Waals surface area contributed by atoms with Crippen LogP contribution in [0.25, 0.3) is 0 Å². The van der Waals surface area contributed by atoms with E-state index in [1.54, 1.807) is 0 Å². The summed E-state index contributed by atoms with van der Waals surface area (Å²) in [6.07, 6.45) is -4.77. The highest BCUT2D eigenvalue weighted by Crippen LogP contribution is 2.29. The first-order valence-electron chi connectivity index (χ1n) is 2.70. The zero-order valence-corrected chi connectivity index (χ0v) is 8.10. The Labute approximate surface area is 86.4 Å². The summed E-state index contributed by atoms with van der Waals surface area (Å²) in [6, 6.07) is 0. The standard InChI is InChI=1S/C5H3Cl3F3NO/c6-4(7,8)3(13)1-2(12)5(9,10)11/h1H,12H2. The molecular formula is C5H3Cl3F3NO. The van der Waals surface area contributed by atoms with Gasteiger partial charge in [0.1, 0.15) is 5.70 Å². The van der Waals surface area contributed by atoms with E-state index in [-0.39, 0.29) is 6.08 Å². The number of carbonyl (C=O) groups excluding carboxylic acids is 1. The average molecular weight is 256 g/mol. The van der Waals surface area contributed by atoms with Crippen LogP contribution in [0.15, 0.2) is 11.8 Å². The molecule has 0 heterocycles. The van der Waals surface area contributed by atoms with E-state index in [2.05, 4.69) is 5.73 Å². The van der Waals surface area contributed by atoms with Crippen LogP contribution in [0.5, 0.6) is 0 Å². The van der Waals surface area contributed by atoms with E-state index in [0.29, 0.717) is 0 Å². The van der Waals surface area contributed by atoms with Crippen LogP contribution < -0.4 is 5.73 Å². The summed E-state index contributed by atoms with van der Waals surface area (Å²) >= 11 is 15.0. The summed E-state index contributed by atoms with van der Waals surface area (Å²) < 4.78 is 32.7. The molecule has 8 heteroatoms. The van der Waals surface area contributed by atoms with Crippen molar-refractivity contribution in [2.24, 2.45) is 5.73 Å². The van der Waals surface area contributed by atoms with Gasteiger partial charge in [-0.25, -0.2) is 0 Å². The number of alkyl halides is 6. The predicted molar refractivity (Wildman–Crippen MR) is 43.6 cm³/mol. The van der Waals surface area contributed by atoms with Gasteiger partial charge in [0.25, 0.3) is 3.79 Å². The van der Waals surface area contributed by atoms with Crippen LogP contribution in [0.3, 0.4) is 0 Å². The number of nitrogens with two attached hydrogens (primary N) is 1. The second-order valence-corrected chi connectivity index (χ2v) is 4.24. The number of hydrogen-bond acceptors (Lipinski definition) is 2. The Morgan fingerprint density at radius 3 is 1.85 bits per heavy atom. The first-order chi connectivity index (χ1) is 5.55. The third-order valence-corrected chi connectivity index (χ3v) is 1.45. The van der Waals surface area contributed by atoms with Crippen molar-refractivity contribution in [1.29, 1.82) is 0 Å². The van der Waals surface area contributed by atoms with Crippen LogP contribution in [-0.4, -0.2) is 15.8 Å². The van der Waals surface area contributed by atoms with Crippen molar-refractivity contribution < 1.29 is 18.0 Å². The molecule has 0 aromatic carbocycles. The van der Waals surface area contributed by atoms with E-state index >= 15 is 0 Å². The van der Waals surface area contributed by atoms with Crippen molar-refractivity contribution in [3.8, 4) is 0 Å².